The van der Waals surface area contributed by atoms with E-state index in [9.17, 15) is 4.79 Å². The highest BCUT2D eigenvalue weighted by molar-refractivity contribution is 5.81. The zero-order valence-corrected chi connectivity index (χ0v) is 16.6. The molecule has 0 bridgehead atoms. The van der Waals surface area contributed by atoms with Crippen LogP contribution in [0.5, 0.6) is 11.5 Å². The zero-order valence-electron chi connectivity index (χ0n) is 16.6. The third-order valence-electron chi connectivity index (χ3n) is 4.88. The molecule has 1 unspecified atom stereocenters. The lowest BCUT2D eigenvalue weighted by molar-refractivity contribution is -0.139. The van der Waals surface area contributed by atoms with Crippen molar-refractivity contribution in [2.75, 3.05) is 39.8 Å². The second kappa shape index (κ2) is 9.95. The lowest BCUT2D eigenvalue weighted by atomic mass is 10.2. The van der Waals surface area contributed by atoms with Crippen LogP contribution in [0.3, 0.4) is 0 Å². The van der Waals surface area contributed by atoms with Crippen LogP contribution >= 0.6 is 0 Å². The molecule has 2 aromatic carbocycles. The molecule has 5 nitrogen and oxygen atoms in total. The molecule has 28 heavy (non-hydrogen) atoms. The molecule has 1 amide bonds. The Morgan fingerprint density at radius 1 is 1.00 bits per heavy atom. The van der Waals surface area contributed by atoms with Crippen molar-refractivity contribution in [2.45, 2.75) is 13.0 Å². The van der Waals surface area contributed by atoms with Gasteiger partial charge in [-0.3, -0.25) is 9.69 Å². The van der Waals surface area contributed by atoms with Crippen molar-refractivity contribution in [3.63, 3.8) is 0 Å². The third kappa shape index (κ3) is 5.60. The Morgan fingerprint density at radius 2 is 1.64 bits per heavy atom. The quantitative estimate of drug-likeness (QED) is 0.739. The Bertz CT molecular complexity index is 766. The van der Waals surface area contributed by atoms with Crippen LogP contribution in [0.1, 0.15) is 12.5 Å². The first-order valence-corrected chi connectivity index (χ1v) is 9.69. The van der Waals surface area contributed by atoms with Crippen molar-refractivity contribution in [3.05, 3.63) is 66.2 Å². The first-order chi connectivity index (χ1) is 13.7. The van der Waals surface area contributed by atoms with E-state index in [1.807, 2.05) is 54.3 Å². The van der Waals surface area contributed by atoms with Crippen LogP contribution in [-0.4, -0.2) is 61.6 Å². The molecule has 148 valence electrons. The minimum absolute atomic E-state index is 0.0373. The summed E-state index contributed by atoms with van der Waals surface area (Å²) in [5.74, 6) is 1.48. The Kier molecular flexibility index (Phi) is 7.09. The van der Waals surface area contributed by atoms with E-state index in [1.165, 1.54) is 5.56 Å². The van der Waals surface area contributed by atoms with Crippen LogP contribution in [0, 0.1) is 0 Å². The Hall–Kier alpha value is -2.79. The highest BCUT2D eigenvalue weighted by atomic mass is 16.5. The van der Waals surface area contributed by atoms with Gasteiger partial charge in [-0.05, 0) is 36.8 Å². The molecule has 0 aliphatic carbocycles. The van der Waals surface area contributed by atoms with Crippen molar-refractivity contribution in [2.24, 2.45) is 0 Å². The van der Waals surface area contributed by atoms with E-state index in [-0.39, 0.29) is 5.91 Å². The molecular weight excluding hydrogens is 352 g/mol. The van der Waals surface area contributed by atoms with E-state index in [0.717, 1.165) is 38.5 Å². The molecule has 1 fully saturated rings. The molecule has 1 heterocycles. The summed E-state index contributed by atoms with van der Waals surface area (Å²) in [6.07, 6.45) is 3.82. The van der Waals surface area contributed by atoms with Crippen molar-refractivity contribution in [3.8, 4) is 11.5 Å². The van der Waals surface area contributed by atoms with Gasteiger partial charge in [0, 0.05) is 32.7 Å². The van der Waals surface area contributed by atoms with Crippen molar-refractivity contribution in [1.82, 2.24) is 9.80 Å². The molecule has 1 saturated heterocycles. The molecule has 1 atom stereocenters. The summed E-state index contributed by atoms with van der Waals surface area (Å²) in [5, 5.41) is 0. The van der Waals surface area contributed by atoms with Gasteiger partial charge in [0.05, 0.1) is 7.11 Å². The van der Waals surface area contributed by atoms with Gasteiger partial charge in [-0.1, -0.05) is 42.5 Å². The van der Waals surface area contributed by atoms with Crippen LogP contribution in [0.2, 0.25) is 0 Å². The van der Waals surface area contributed by atoms with E-state index in [2.05, 4.69) is 29.2 Å². The van der Waals surface area contributed by atoms with Crippen molar-refractivity contribution in [1.29, 1.82) is 0 Å². The van der Waals surface area contributed by atoms with Crippen molar-refractivity contribution < 1.29 is 14.3 Å². The number of carbonyl (C=O) groups excluding carboxylic acids is 1. The normalized spacial score (nSPS) is 16.1. The van der Waals surface area contributed by atoms with Gasteiger partial charge in [0.15, 0.2) is 6.10 Å². The van der Waals surface area contributed by atoms with Gasteiger partial charge < -0.3 is 14.4 Å². The smallest absolute Gasteiger partial charge is 0.263 e. The van der Waals surface area contributed by atoms with Gasteiger partial charge in [-0.15, -0.1) is 0 Å². The first-order valence-electron chi connectivity index (χ1n) is 9.69. The maximum absolute atomic E-state index is 12.7. The number of carbonyl (C=O) groups is 1. The lowest BCUT2D eigenvalue weighted by Gasteiger charge is -2.35. The monoisotopic (exact) mass is 380 g/mol. The Labute approximate surface area is 167 Å². The standard InChI is InChI=1S/C23H28N2O3/c1-19(28-22-12-10-21(27-2)11-13-22)23(26)25-17-15-24(16-18-25)14-6-9-20-7-4-3-5-8-20/h3-13,19H,14-18H2,1-2H3. The number of ether oxygens (including phenoxy) is 2. The number of hydrogen-bond donors (Lipinski definition) is 0. The summed E-state index contributed by atoms with van der Waals surface area (Å²) in [4.78, 5) is 16.9. The second-order valence-corrected chi connectivity index (χ2v) is 6.87. The average Bonchev–Trinajstić information content (AvgIpc) is 2.75. The molecule has 5 heteroatoms. The summed E-state index contributed by atoms with van der Waals surface area (Å²) >= 11 is 0. The molecule has 0 aromatic heterocycles. The zero-order chi connectivity index (χ0) is 19.8. The highest BCUT2D eigenvalue weighted by Gasteiger charge is 2.25. The molecule has 1 aliphatic heterocycles. The minimum atomic E-state index is -0.502. The molecule has 0 saturated carbocycles. The number of nitrogens with zero attached hydrogens (tertiary/aromatic N) is 2. The summed E-state index contributed by atoms with van der Waals surface area (Å²) in [7, 11) is 1.62. The van der Waals surface area contributed by atoms with Crippen LogP contribution in [0.15, 0.2) is 60.7 Å². The number of piperazine rings is 1. The largest absolute Gasteiger partial charge is 0.497 e. The summed E-state index contributed by atoms with van der Waals surface area (Å²) in [5.41, 5.74) is 1.21. The molecule has 0 radical (unpaired) electrons. The van der Waals surface area contributed by atoms with Gasteiger partial charge in [-0.2, -0.15) is 0 Å². The minimum Gasteiger partial charge on any atom is -0.497 e. The fourth-order valence-electron chi connectivity index (χ4n) is 3.22. The molecule has 3 rings (SSSR count). The van der Waals surface area contributed by atoms with Gasteiger partial charge in [-0.25, -0.2) is 0 Å². The summed E-state index contributed by atoms with van der Waals surface area (Å²) in [6, 6.07) is 17.6. The Morgan fingerprint density at radius 3 is 2.29 bits per heavy atom. The predicted molar refractivity (Wildman–Crippen MR) is 112 cm³/mol. The van der Waals surface area contributed by atoms with E-state index in [1.54, 1.807) is 7.11 Å². The second-order valence-electron chi connectivity index (χ2n) is 6.87. The first kappa shape index (κ1) is 20.0. The fraction of sp³-hybridized carbons (Fsp3) is 0.348. The van der Waals surface area contributed by atoms with Gasteiger partial charge >= 0.3 is 0 Å². The molecule has 1 aliphatic rings. The molecule has 0 spiro atoms. The van der Waals surface area contributed by atoms with Crippen LogP contribution < -0.4 is 9.47 Å². The Balaban J connectivity index is 1.43. The maximum atomic E-state index is 12.7. The molecule has 2 aromatic rings. The molecule has 0 N–H and O–H groups in total. The van der Waals surface area contributed by atoms with Gasteiger partial charge in [0.1, 0.15) is 11.5 Å². The average molecular weight is 380 g/mol. The van der Waals surface area contributed by atoms with Gasteiger partial charge in [0.25, 0.3) is 5.91 Å². The maximum Gasteiger partial charge on any atom is 0.263 e. The number of rotatable bonds is 7. The van der Waals surface area contributed by atoms with Crippen LogP contribution in [0.4, 0.5) is 0 Å². The van der Waals surface area contributed by atoms with E-state index in [0.29, 0.717) is 5.75 Å². The lowest BCUT2D eigenvalue weighted by Crippen LogP contribution is -2.51. The summed E-state index contributed by atoms with van der Waals surface area (Å²) < 4.78 is 10.9. The highest BCUT2D eigenvalue weighted by Crippen LogP contribution is 2.19. The number of benzene rings is 2. The van der Waals surface area contributed by atoms with Crippen LogP contribution in [0.25, 0.3) is 6.08 Å². The van der Waals surface area contributed by atoms with E-state index in [4.69, 9.17) is 9.47 Å². The number of amides is 1. The van der Waals surface area contributed by atoms with Crippen LogP contribution in [-0.2, 0) is 4.79 Å². The SMILES string of the molecule is COc1ccc(OC(C)C(=O)N2CCN(CC=Cc3ccccc3)CC2)cc1. The number of methoxy groups -OCH3 is 1. The molecular formula is C23H28N2O3. The predicted octanol–water partition coefficient (Wildman–Crippen LogP) is 3.32. The summed E-state index contributed by atoms with van der Waals surface area (Å²) in [6.45, 7) is 5.92. The van der Waals surface area contributed by atoms with E-state index < -0.39 is 6.10 Å². The third-order valence-corrected chi connectivity index (χ3v) is 4.88. The fourth-order valence-corrected chi connectivity index (χ4v) is 3.22. The van der Waals surface area contributed by atoms with E-state index >= 15 is 0 Å². The van der Waals surface area contributed by atoms with Crippen molar-refractivity contribution >= 4 is 12.0 Å². The topological polar surface area (TPSA) is 42.0 Å². The number of hydrogen-bond acceptors (Lipinski definition) is 4. The van der Waals surface area contributed by atoms with Gasteiger partial charge in [0.2, 0.25) is 0 Å².